The number of carboxylic acids is 1. The highest BCUT2D eigenvalue weighted by atomic mass is 16.4. The van der Waals surface area contributed by atoms with Crippen molar-refractivity contribution in [3.05, 3.63) is 57.0 Å². The lowest BCUT2D eigenvalue weighted by Gasteiger charge is -2.11. The van der Waals surface area contributed by atoms with E-state index < -0.39 is 17.1 Å². The van der Waals surface area contributed by atoms with E-state index in [1.807, 2.05) is 39.0 Å². The van der Waals surface area contributed by atoms with Crippen LogP contribution in [0, 0.1) is 13.8 Å². The molecule has 1 aromatic heterocycles. The predicted octanol–water partition coefficient (Wildman–Crippen LogP) is 2.11. The van der Waals surface area contributed by atoms with Gasteiger partial charge < -0.3 is 5.11 Å². The van der Waals surface area contributed by atoms with E-state index in [0.717, 1.165) is 16.8 Å². The number of aryl methyl sites for hydroxylation is 3. The lowest BCUT2D eigenvalue weighted by molar-refractivity contribution is 0.0686. The topological polar surface area (TPSA) is 72.2 Å². The molecule has 20 heavy (non-hydrogen) atoms. The Balaban J connectivity index is 2.71. The van der Waals surface area contributed by atoms with Crippen LogP contribution >= 0.6 is 0 Å². The summed E-state index contributed by atoms with van der Waals surface area (Å²) in [5.41, 5.74) is 2.34. The van der Waals surface area contributed by atoms with Crippen LogP contribution in [0.3, 0.4) is 0 Å². The van der Waals surface area contributed by atoms with Crippen molar-refractivity contribution >= 4 is 5.97 Å². The van der Waals surface area contributed by atoms with E-state index in [1.165, 1.54) is 4.68 Å². The average Bonchev–Trinajstić information content (AvgIpc) is 2.39. The first-order valence-electron chi connectivity index (χ1n) is 6.37. The lowest BCUT2D eigenvalue weighted by atomic mass is 10.1. The van der Waals surface area contributed by atoms with Gasteiger partial charge in [-0.05, 0) is 31.9 Å². The van der Waals surface area contributed by atoms with Crippen molar-refractivity contribution in [3.63, 3.8) is 0 Å². The molecule has 1 heterocycles. The molecule has 0 saturated carbocycles. The maximum Gasteiger partial charge on any atom is 0.360 e. The van der Waals surface area contributed by atoms with Crippen LogP contribution in [0.15, 0.2) is 29.2 Å². The number of aromatic carboxylic acids is 1. The van der Waals surface area contributed by atoms with Crippen molar-refractivity contribution in [3.8, 4) is 5.69 Å². The summed E-state index contributed by atoms with van der Waals surface area (Å²) in [4.78, 5) is 23.0. The summed E-state index contributed by atoms with van der Waals surface area (Å²) >= 11 is 0. The summed E-state index contributed by atoms with van der Waals surface area (Å²) < 4.78 is 1.47. The molecular weight excluding hydrogens is 256 g/mol. The Morgan fingerprint density at radius 2 is 2.05 bits per heavy atom. The fraction of sp³-hybridized carbons (Fsp3) is 0.267. The first-order valence-corrected chi connectivity index (χ1v) is 6.37. The molecule has 0 saturated heterocycles. The fourth-order valence-electron chi connectivity index (χ4n) is 2.12. The van der Waals surface area contributed by atoms with Crippen LogP contribution < -0.4 is 5.43 Å². The Bertz CT molecular complexity index is 732. The van der Waals surface area contributed by atoms with Gasteiger partial charge in [0.15, 0.2) is 0 Å². The van der Waals surface area contributed by atoms with Gasteiger partial charge in [0.1, 0.15) is 0 Å². The summed E-state index contributed by atoms with van der Waals surface area (Å²) in [7, 11) is 0. The van der Waals surface area contributed by atoms with Gasteiger partial charge in [0.05, 0.1) is 5.69 Å². The molecule has 1 aromatic carbocycles. The van der Waals surface area contributed by atoms with Crippen molar-refractivity contribution < 1.29 is 9.90 Å². The normalized spacial score (nSPS) is 10.6. The molecule has 5 nitrogen and oxygen atoms in total. The first-order chi connectivity index (χ1) is 9.43. The van der Waals surface area contributed by atoms with Gasteiger partial charge in [-0.15, -0.1) is 0 Å². The number of carboxylic acid groups (broad SMARTS) is 1. The molecule has 0 atom stereocenters. The van der Waals surface area contributed by atoms with Gasteiger partial charge in [0, 0.05) is 11.8 Å². The van der Waals surface area contributed by atoms with Crippen molar-refractivity contribution in [2.45, 2.75) is 27.2 Å². The van der Waals surface area contributed by atoms with Crippen molar-refractivity contribution in [2.24, 2.45) is 0 Å². The predicted molar refractivity (Wildman–Crippen MR) is 75.6 cm³/mol. The van der Waals surface area contributed by atoms with Crippen LogP contribution in [-0.4, -0.2) is 20.9 Å². The van der Waals surface area contributed by atoms with Gasteiger partial charge in [-0.2, -0.15) is 5.10 Å². The molecule has 2 rings (SSSR count). The first kappa shape index (κ1) is 14.0. The number of aromatic nitrogens is 2. The Labute approximate surface area is 116 Å². The number of nitrogens with zero attached hydrogens (tertiary/aromatic N) is 2. The zero-order chi connectivity index (χ0) is 14.9. The molecule has 0 aliphatic carbocycles. The largest absolute Gasteiger partial charge is 0.476 e. The van der Waals surface area contributed by atoms with E-state index in [2.05, 4.69) is 5.10 Å². The molecule has 0 bridgehead atoms. The van der Waals surface area contributed by atoms with E-state index in [1.54, 1.807) is 6.20 Å². The van der Waals surface area contributed by atoms with Crippen LogP contribution in [0.5, 0.6) is 0 Å². The summed E-state index contributed by atoms with van der Waals surface area (Å²) in [5, 5.41) is 13.0. The second kappa shape index (κ2) is 5.28. The van der Waals surface area contributed by atoms with E-state index in [0.29, 0.717) is 12.0 Å². The van der Waals surface area contributed by atoms with E-state index in [9.17, 15) is 9.59 Å². The number of hydrogen-bond acceptors (Lipinski definition) is 3. The molecular formula is C15H16N2O3. The highest BCUT2D eigenvalue weighted by Crippen LogP contribution is 2.15. The highest BCUT2D eigenvalue weighted by molar-refractivity contribution is 5.85. The quantitative estimate of drug-likeness (QED) is 0.928. The van der Waals surface area contributed by atoms with Gasteiger partial charge in [-0.1, -0.05) is 24.6 Å². The smallest absolute Gasteiger partial charge is 0.360 e. The minimum atomic E-state index is -1.30. The minimum absolute atomic E-state index is 0.440. The van der Waals surface area contributed by atoms with Crippen molar-refractivity contribution in [2.75, 3.05) is 0 Å². The monoisotopic (exact) mass is 272 g/mol. The SMILES string of the molecule is CCc1cn(-c2ccc(C)cc2C)nc(C(=O)O)c1=O. The number of hydrogen-bond donors (Lipinski definition) is 1. The molecule has 0 aliphatic rings. The van der Waals surface area contributed by atoms with Gasteiger partial charge in [0.2, 0.25) is 11.1 Å². The van der Waals surface area contributed by atoms with Gasteiger partial charge in [-0.25, -0.2) is 9.48 Å². The second-order valence-electron chi connectivity index (χ2n) is 4.73. The summed E-state index contributed by atoms with van der Waals surface area (Å²) in [6.45, 7) is 5.72. The fourth-order valence-corrected chi connectivity index (χ4v) is 2.12. The number of benzene rings is 1. The number of rotatable bonds is 3. The summed E-state index contributed by atoms with van der Waals surface area (Å²) in [5.74, 6) is -1.30. The summed E-state index contributed by atoms with van der Waals surface area (Å²) in [6.07, 6.45) is 2.07. The molecule has 2 aromatic rings. The maximum absolute atomic E-state index is 11.9. The zero-order valence-electron chi connectivity index (χ0n) is 11.7. The molecule has 0 amide bonds. The molecule has 0 radical (unpaired) electrons. The Kier molecular flexibility index (Phi) is 3.70. The molecule has 1 N–H and O–H groups in total. The second-order valence-corrected chi connectivity index (χ2v) is 4.73. The van der Waals surface area contributed by atoms with Gasteiger partial charge >= 0.3 is 5.97 Å². The van der Waals surface area contributed by atoms with Crippen LogP contribution in [0.1, 0.15) is 34.1 Å². The Morgan fingerprint density at radius 1 is 1.35 bits per heavy atom. The molecule has 0 unspecified atom stereocenters. The molecule has 0 fully saturated rings. The number of carbonyl (C=O) groups is 1. The third-order valence-corrected chi connectivity index (χ3v) is 3.18. The van der Waals surface area contributed by atoms with Crippen LogP contribution in [0.25, 0.3) is 5.69 Å². The van der Waals surface area contributed by atoms with E-state index >= 15 is 0 Å². The highest BCUT2D eigenvalue weighted by Gasteiger charge is 2.16. The zero-order valence-corrected chi connectivity index (χ0v) is 11.7. The van der Waals surface area contributed by atoms with Crippen molar-refractivity contribution in [1.29, 1.82) is 0 Å². The molecule has 0 aliphatic heterocycles. The van der Waals surface area contributed by atoms with Gasteiger partial charge in [-0.3, -0.25) is 4.79 Å². The third-order valence-electron chi connectivity index (χ3n) is 3.18. The summed E-state index contributed by atoms with van der Waals surface area (Å²) in [6, 6.07) is 5.78. The van der Waals surface area contributed by atoms with Crippen LogP contribution in [0.2, 0.25) is 0 Å². The van der Waals surface area contributed by atoms with E-state index in [4.69, 9.17) is 5.11 Å². The van der Waals surface area contributed by atoms with Crippen LogP contribution in [-0.2, 0) is 6.42 Å². The lowest BCUT2D eigenvalue weighted by Crippen LogP contribution is -2.24. The maximum atomic E-state index is 11.9. The van der Waals surface area contributed by atoms with Crippen molar-refractivity contribution in [1.82, 2.24) is 9.78 Å². The Morgan fingerprint density at radius 3 is 2.60 bits per heavy atom. The molecule has 104 valence electrons. The van der Waals surface area contributed by atoms with Gasteiger partial charge in [0.25, 0.3) is 0 Å². The minimum Gasteiger partial charge on any atom is -0.476 e. The third kappa shape index (κ3) is 2.47. The molecule has 0 spiro atoms. The standard InChI is InChI=1S/C15H16N2O3/c1-4-11-8-17(16-13(14(11)18)15(19)20)12-6-5-9(2)7-10(12)3/h5-8H,4H2,1-3H3,(H,19,20). The van der Waals surface area contributed by atoms with E-state index in [-0.39, 0.29) is 0 Å². The molecule has 5 heteroatoms. The average molecular weight is 272 g/mol. The van der Waals surface area contributed by atoms with Crippen LogP contribution in [0.4, 0.5) is 0 Å². The Hall–Kier alpha value is -2.43.